The summed E-state index contributed by atoms with van der Waals surface area (Å²) in [4.78, 5) is 38.4. The van der Waals surface area contributed by atoms with Crippen molar-refractivity contribution in [1.82, 2.24) is 0 Å². The summed E-state index contributed by atoms with van der Waals surface area (Å²) in [5.74, 6) is -1.30. The molecule has 0 aromatic heterocycles. The van der Waals surface area contributed by atoms with Crippen molar-refractivity contribution < 1.29 is 37.7 Å². The maximum Gasteiger partial charge on any atom is 0.343 e. The van der Waals surface area contributed by atoms with Crippen LogP contribution in [-0.2, 0) is 0 Å². The Labute approximate surface area is 359 Å². The molecule has 318 valence electrons. The van der Waals surface area contributed by atoms with Crippen LogP contribution in [0.3, 0.4) is 0 Å². The summed E-state index contributed by atoms with van der Waals surface area (Å²) < 4.78 is 36.2. The van der Waals surface area contributed by atoms with Gasteiger partial charge in [0.25, 0.3) is 0 Å². The number of carbonyl (C=O) groups excluding carboxylic acids is 3. The first kappa shape index (κ1) is 45.8. The summed E-state index contributed by atoms with van der Waals surface area (Å²) in [5, 5.41) is 8.89. The third kappa shape index (κ3) is 15.7. The largest absolute Gasteiger partial charge is 0.494 e. The molecule has 0 radical (unpaired) electrons. The Morgan fingerprint density at radius 1 is 0.475 bits per heavy atom. The topological polar surface area (TPSA) is 112 Å². The number of unbranched alkanes of at least 4 members (excludes halogenated alkanes) is 15. The molecule has 0 spiro atoms. The molecule has 0 fully saturated rings. The van der Waals surface area contributed by atoms with E-state index >= 15 is 0 Å². The fraction of sp³-hybridized carbons (Fsp3) is 0.346. The molecule has 5 aromatic rings. The van der Waals surface area contributed by atoms with Gasteiger partial charge in [-0.05, 0) is 102 Å². The van der Waals surface area contributed by atoms with E-state index < -0.39 is 23.7 Å². The third-order valence-electron chi connectivity index (χ3n) is 10.4. The zero-order valence-electron chi connectivity index (χ0n) is 35.2. The highest BCUT2D eigenvalue weighted by atomic mass is 19.1. The predicted octanol–water partition coefficient (Wildman–Crippen LogP) is 13.7. The lowest BCUT2D eigenvalue weighted by atomic mass is 10.0. The Bertz CT molecular complexity index is 2180. The van der Waals surface area contributed by atoms with Gasteiger partial charge in [-0.2, -0.15) is 5.26 Å². The van der Waals surface area contributed by atoms with Crippen LogP contribution in [0.2, 0.25) is 0 Å². The lowest BCUT2D eigenvalue weighted by molar-refractivity contribution is 0.0723. The maximum absolute atomic E-state index is 13.9. The van der Waals surface area contributed by atoms with Crippen molar-refractivity contribution in [3.05, 3.63) is 143 Å². The van der Waals surface area contributed by atoms with Crippen molar-refractivity contribution in [1.29, 1.82) is 5.26 Å². The molecule has 0 N–H and O–H groups in total. The Hall–Kier alpha value is -6.27. The average Bonchev–Trinajstić information content (AvgIpc) is 3.28. The minimum Gasteiger partial charge on any atom is -0.494 e. The molecule has 0 aliphatic carbocycles. The zero-order chi connectivity index (χ0) is 43.1. The van der Waals surface area contributed by atoms with Gasteiger partial charge in [-0.3, -0.25) is 0 Å². The van der Waals surface area contributed by atoms with Gasteiger partial charge in [-0.1, -0.05) is 128 Å². The van der Waals surface area contributed by atoms with E-state index in [1.165, 1.54) is 126 Å². The molecule has 0 heterocycles. The van der Waals surface area contributed by atoms with E-state index in [4.69, 9.17) is 24.2 Å². The second kappa shape index (κ2) is 25.4. The van der Waals surface area contributed by atoms with Gasteiger partial charge in [-0.25, -0.2) is 18.8 Å². The first-order valence-corrected chi connectivity index (χ1v) is 21.7. The Kier molecular flexibility index (Phi) is 19.1. The van der Waals surface area contributed by atoms with Crippen molar-refractivity contribution in [2.45, 2.75) is 110 Å². The second-order valence-corrected chi connectivity index (χ2v) is 15.2. The van der Waals surface area contributed by atoms with Gasteiger partial charge in [-0.15, -0.1) is 0 Å². The van der Waals surface area contributed by atoms with E-state index in [9.17, 15) is 18.8 Å². The Morgan fingerprint density at radius 3 is 1.39 bits per heavy atom. The highest BCUT2D eigenvalue weighted by molar-refractivity contribution is 5.93. The van der Waals surface area contributed by atoms with Crippen LogP contribution in [0, 0.1) is 17.1 Å². The van der Waals surface area contributed by atoms with E-state index in [-0.39, 0.29) is 28.2 Å². The summed E-state index contributed by atoms with van der Waals surface area (Å²) in [6.07, 6.45) is 21.2. The van der Waals surface area contributed by atoms with E-state index in [1.54, 1.807) is 72.8 Å². The fourth-order valence-corrected chi connectivity index (χ4v) is 6.87. The molecule has 5 aromatic carbocycles. The van der Waals surface area contributed by atoms with E-state index in [0.717, 1.165) is 30.0 Å². The number of ether oxygens (including phenoxy) is 4. The number of halogens is 1. The molecule has 0 unspecified atom stereocenters. The molecule has 0 saturated carbocycles. The lowest BCUT2D eigenvalue weighted by Gasteiger charge is -2.09. The average molecular weight is 826 g/mol. The van der Waals surface area contributed by atoms with Gasteiger partial charge in [0.05, 0.1) is 28.9 Å². The normalized spacial score (nSPS) is 10.8. The molecular formula is C52H56FNO7. The highest BCUT2D eigenvalue weighted by Crippen LogP contribution is 2.26. The summed E-state index contributed by atoms with van der Waals surface area (Å²) in [6, 6.07) is 31.8. The fourth-order valence-electron chi connectivity index (χ4n) is 6.87. The SMILES string of the molecule is CCCCCCCCCCCCCCCCCCOc1ccc(C(=O)Oc2ccc(C(=O)Oc3cccc(-c4ccc(C(=O)Oc5ccc(C#N)c(F)c5)cc4)c3)cc2)cc1. The molecule has 0 amide bonds. The number of nitrogens with zero attached hydrogens (tertiary/aromatic N) is 1. The molecule has 5 rings (SSSR count). The van der Waals surface area contributed by atoms with Crippen molar-refractivity contribution in [2.24, 2.45) is 0 Å². The van der Waals surface area contributed by atoms with Crippen LogP contribution in [0.4, 0.5) is 4.39 Å². The molecule has 0 aliphatic rings. The van der Waals surface area contributed by atoms with Crippen molar-refractivity contribution in [2.75, 3.05) is 6.61 Å². The molecule has 9 heteroatoms. The molecule has 61 heavy (non-hydrogen) atoms. The molecule has 0 aliphatic heterocycles. The van der Waals surface area contributed by atoms with Crippen LogP contribution in [-0.4, -0.2) is 24.5 Å². The Morgan fingerprint density at radius 2 is 0.902 bits per heavy atom. The van der Waals surface area contributed by atoms with Crippen LogP contribution >= 0.6 is 0 Å². The summed E-state index contributed by atoms with van der Waals surface area (Å²) in [6.45, 7) is 2.91. The van der Waals surface area contributed by atoms with Crippen molar-refractivity contribution >= 4 is 17.9 Å². The number of esters is 3. The smallest absolute Gasteiger partial charge is 0.343 e. The van der Waals surface area contributed by atoms with E-state index in [0.29, 0.717) is 23.7 Å². The van der Waals surface area contributed by atoms with Gasteiger partial charge in [0.2, 0.25) is 0 Å². The number of nitriles is 1. The lowest BCUT2D eigenvalue weighted by Crippen LogP contribution is -2.10. The third-order valence-corrected chi connectivity index (χ3v) is 10.4. The van der Waals surface area contributed by atoms with E-state index in [2.05, 4.69) is 6.92 Å². The minimum atomic E-state index is -0.778. The molecule has 8 nitrogen and oxygen atoms in total. The molecule has 0 atom stereocenters. The van der Waals surface area contributed by atoms with Gasteiger partial charge >= 0.3 is 17.9 Å². The van der Waals surface area contributed by atoms with E-state index in [1.807, 2.05) is 6.07 Å². The summed E-state index contributed by atoms with van der Waals surface area (Å²) in [5.41, 5.74) is 2.22. The number of benzene rings is 5. The highest BCUT2D eigenvalue weighted by Gasteiger charge is 2.14. The molecule has 0 bridgehead atoms. The monoisotopic (exact) mass is 825 g/mol. The minimum absolute atomic E-state index is 0.0158. The van der Waals surface area contributed by atoms with Gasteiger partial charge in [0.15, 0.2) is 0 Å². The number of carbonyl (C=O) groups is 3. The first-order chi connectivity index (χ1) is 29.8. The maximum atomic E-state index is 13.9. The molecule has 0 saturated heterocycles. The zero-order valence-corrected chi connectivity index (χ0v) is 35.2. The number of hydrogen-bond donors (Lipinski definition) is 0. The van der Waals surface area contributed by atoms with Crippen LogP contribution < -0.4 is 18.9 Å². The van der Waals surface area contributed by atoms with Crippen molar-refractivity contribution in [3.8, 4) is 40.2 Å². The van der Waals surface area contributed by atoms with Crippen LogP contribution in [0.15, 0.2) is 115 Å². The summed E-state index contributed by atoms with van der Waals surface area (Å²) in [7, 11) is 0. The first-order valence-electron chi connectivity index (χ1n) is 21.7. The van der Waals surface area contributed by atoms with Crippen LogP contribution in [0.1, 0.15) is 146 Å². The summed E-state index contributed by atoms with van der Waals surface area (Å²) >= 11 is 0. The standard InChI is InChI=1S/C52H56FNO7/c1-2-3-4-5-6-7-8-9-10-11-12-13-14-15-16-17-35-58-45-30-25-41(26-31-45)50(55)59-46-32-27-42(28-33-46)52(57)60-47-20-18-19-43(36-47)39-21-23-40(24-22-39)51(56)61-48-34-29-44(38-54)49(53)37-48/h18-34,36-37H,2-17,35H2,1H3. The number of hydrogen-bond acceptors (Lipinski definition) is 8. The predicted molar refractivity (Wildman–Crippen MR) is 236 cm³/mol. The van der Waals surface area contributed by atoms with Crippen LogP contribution in [0.25, 0.3) is 11.1 Å². The number of rotatable bonds is 25. The quantitative estimate of drug-likeness (QED) is 0.0325. The molecular weight excluding hydrogens is 770 g/mol. The van der Waals surface area contributed by atoms with Crippen molar-refractivity contribution in [3.63, 3.8) is 0 Å². The Balaban J connectivity index is 0.967. The second-order valence-electron chi connectivity index (χ2n) is 15.2. The van der Waals surface area contributed by atoms with Gasteiger partial charge in [0, 0.05) is 6.07 Å². The van der Waals surface area contributed by atoms with Gasteiger partial charge in [0.1, 0.15) is 34.9 Å². The van der Waals surface area contributed by atoms with Crippen LogP contribution in [0.5, 0.6) is 23.0 Å². The van der Waals surface area contributed by atoms with Gasteiger partial charge < -0.3 is 18.9 Å².